The highest BCUT2D eigenvalue weighted by atomic mass is 16.5. The molecule has 0 saturated carbocycles. The first-order valence-corrected chi connectivity index (χ1v) is 8.18. The standard InChI is InChI=1S/C18H21N3O5/c1-23-15-9-13(10-16(11-15)24-2)18(22)20-19-12-14-3-4-17(26-14)21-5-7-25-8-6-21/h3-4,9-12H,5-8H2,1-2H3,(H,20,22)/b19-12-. The molecule has 1 N–H and O–H groups in total. The summed E-state index contributed by atoms with van der Waals surface area (Å²) in [5.41, 5.74) is 2.85. The van der Waals surface area contributed by atoms with Gasteiger partial charge in [0.15, 0.2) is 5.88 Å². The van der Waals surface area contributed by atoms with Gasteiger partial charge < -0.3 is 23.5 Å². The molecule has 0 bridgehead atoms. The fraction of sp³-hybridized carbons (Fsp3) is 0.333. The second-order valence-electron chi connectivity index (χ2n) is 5.58. The van der Waals surface area contributed by atoms with E-state index in [1.165, 1.54) is 20.4 Å². The van der Waals surface area contributed by atoms with Gasteiger partial charge in [0, 0.05) is 30.8 Å². The van der Waals surface area contributed by atoms with Crippen LogP contribution in [0.1, 0.15) is 16.1 Å². The average Bonchev–Trinajstić information content (AvgIpc) is 3.17. The maximum atomic E-state index is 12.2. The molecule has 8 heteroatoms. The van der Waals surface area contributed by atoms with E-state index in [9.17, 15) is 4.79 Å². The maximum Gasteiger partial charge on any atom is 0.271 e. The molecule has 1 amide bonds. The van der Waals surface area contributed by atoms with Crippen LogP contribution in [0.25, 0.3) is 0 Å². The number of amides is 1. The van der Waals surface area contributed by atoms with Crippen molar-refractivity contribution in [2.75, 3.05) is 45.4 Å². The molecule has 0 spiro atoms. The van der Waals surface area contributed by atoms with Gasteiger partial charge in [0.25, 0.3) is 5.91 Å². The molecule has 0 aliphatic carbocycles. The molecule has 1 saturated heterocycles. The highest BCUT2D eigenvalue weighted by Gasteiger charge is 2.14. The lowest BCUT2D eigenvalue weighted by Gasteiger charge is -2.26. The predicted molar refractivity (Wildman–Crippen MR) is 96.3 cm³/mol. The third kappa shape index (κ3) is 4.34. The molecule has 3 rings (SSSR count). The van der Waals surface area contributed by atoms with Crippen molar-refractivity contribution in [3.8, 4) is 11.5 Å². The maximum absolute atomic E-state index is 12.2. The Hall–Kier alpha value is -3.00. The average molecular weight is 359 g/mol. The van der Waals surface area contributed by atoms with E-state index in [4.69, 9.17) is 18.6 Å². The minimum Gasteiger partial charge on any atom is -0.497 e. The first kappa shape index (κ1) is 17.8. The molecule has 1 aromatic carbocycles. The van der Waals surface area contributed by atoms with Gasteiger partial charge in [-0.05, 0) is 18.2 Å². The number of ether oxygens (including phenoxy) is 3. The van der Waals surface area contributed by atoms with E-state index in [1.807, 2.05) is 6.07 Å². The SMILES string of the molecule is COc1cc(OC)cc(C(=O)N/N=C\c2ccc(N3CCOCC3)o2)c1. The van der Waals surface area contributed by atoms with Gasteiger partial charge in [0.2, 0.25) is 0 Å². The molecule has 138 valence electrons. The topological polar surface area (TPSA) is 85.5 Å². The Morgan fingerprint density at radius 1 is 1.15 bits per heavy atom. The summed E-state index contributed by atoms with van der Waals surface area (Å²) in [6.45, 7) is 2.95. The third-order valence-corrected chi connectivity index (χ3v) is 3.91. The second kappa shape index (κ2) is 8.39. The van der Waals surface area contributed by atoms with Crippen LogP contribution in [0.3, 0.4) is 0 Å². The molecule has 26 heavy (non-hydrogen) atoms. The van der Waals surface area contributed by atoms with Crippen LogP contribution >= 0.6 is 0 Å². The Morgan fingerprint density at radius 3 is 2.50 bits per heavy atom. The van der Waals surface area contributed by atoms with E-state index in [0.717, 1.165) is 19.0 Å². The van der Waals surface area contributed by atoms with Crippen LogP contribution in [0.2, 0.25) is 0 Å². The molecule has 1 aliphatic heterocycles. The van der Waals surface area contributed by atoms with Gasteiger partial charge in [0.05, 0.1) is 33.6 Å². The number of furan rings is 1. The van der Waals surface area contributed by atoms with Crippen LogP contribution in [-0.2, 0) is 4.74 Å². The minimum absolute atomic E-state index is 0.376. The van der Waals surface area contributed by atoms with Crippen LogP contribution in [0, 0.1) is 0 Å². The van der Waals surface area contributed by atoms with Crippen LogP contribution in [0.15, 0.2) is 39.9 Å². The van der Waals surface area contributed by atoms with E-state index in [-0.39, 0.29) is 5.91 Å². The van der Waals surface area contributed by atoms with Crippen molar-refractivity contribution in [2.45, 2.75) is 0 Å². The predicted octanol–water partition coefficient (Wildman–Crippen LogP) is 1.90. The summed E-state index contributed by atoms with van der Waals surface area (Å²) < 4.78 is 21.3. The zero-order valence-corrected chi connectivity index (χ0v) is 14.7. The normalized spacial score (nSPS) is 14.5. The lowest BCUT2D eigenvalue weighted by Crippen LogP contribution is -2.35. The monoisotopic (exact) mass is 359 g/mol. The Morgan fingerprint density at radius 2 is 1.85 bits per heavy atom. The fourth-order valence-electron chi connectivity index (χ4n) is 2.52. The zero-order valence-electron chi connectivity index (χ0n) is 14.7. The first-order valence-electron chi connectivity index (χ1n) is 8.18. The number of hydrogen-bond donors (Lipinski definition) is 1. The Bertz CT molecular complexity index is 759. The summed E-state index contributed by atoms with van der Waals surface area (Å²) in [7, 11) is 3.05. The Labute approximate surface area is 151 Å². The molecule has 2 heterocycles. The van der Waals surface area contributed by atoms with Crippen molar-refractivity contribution >= 4 is 18.0 Å². The summed E-state index contributed by atoms with van der Waals surface area (Å²) in [6, 6.07) is 8.58. The Kier molecular flexibility index (Phi) is 5.75. The number of methoxy groups -OCH3 is 2. The van der Waals surface area contributed by atoms with Crippen LogP contribution in [0.4, 0.5) is 5.88 Å². The van der Waals surface area contributed by atoms with Gasteiger partial charge in [-0.2, -0.15) is 5.10 Å². The van der Waals surface area contributed by atoms with Crippen molar-refractivity contribution in [3.05, 3.63) is 41.7 Å². The molecule has 1 fully saturated rings. The summed E-state index contributed by atoms with van der Waals surface area (Å²) in [5.74, 6) is 1.99. The minimum atomic E-state index is -0.376. The zero-order chi connectivity index (χ0) is 18.4. The van der Waals surface area contributed by atoms with E-state index < -0.39 is 0 Å². The number of nitrogens with one attached hydrogen (secondary N) is 1. The lowest BCUT2D eigenvalue weighted by atomic mass is 10.2. The summed E-state index contributed by atoms with van der Waals surface area (Å²) in [5, 5.41) is 3.94. The summed E-state index contributed by atoms with van der Waals surface area (Å²) in [6.07, 6.45) is 1.46. The highest BCUT2D eigenvalue weighted by molar-refractivity contribution is 5.95. The van der Waals surface area contributed by atoms with Crippen molar-refractivity contribution in [1.29, 1.82) is 0 Å². The Balaban J connectivity index is 1.61. The van der Waals surface area contributed by atoms with Gasteiger partial charge in [0.1, 0.15) is 17.3 Å². The largest absolute Gasteiger partial charge is 0.497 e. The fourth-order valence-corrected chi connectivity index (χ4v) is 2.52. The number of morpholine rings is 1. The number of anilines is 1. The summed E-state index contributed by atoms with van der Waals surface area (Å²) >= 11 is 0. The van der Waals surface area contributed by atoms with Crippen molar-refractivity contribution < 1.29 is 23.4 Å². The van der Waals surface area contributed by atoms with Gasteiger partial charge in [-0.1, -0.05) is 0 Å². The number of hydrogen-bond acceptors (Lipinski definition) is 7. The van der Waals surface area contributed by atoms with Crippen molar-refractivity contribution in [2.24, 2.45) is 5.10 Å². The van der Waals surface area contributed by atoms with Crippen molar-refractivity contribution in [3.63, 3.8) is 0 Å². The molecule has 0 unspecified atom stereocenters. The molecular formula is C18H21N3O5. The van der Waals surface area contributed by atoms with Gasteiger partial charge in [-0.15, -0.1) is 0 Å². The lowest BCUT2D eigenvalue weighted by molar-refractivity contribution is 0.0954. The van der Waals surface area contributed by atoms with Crippen LogP contribution in [-0.4, -0.2) is 52.6 Å². The molecule has 0 atom stereocenters. The van der Waals surface area contributed by atoms with E-state index in [1.54, 1.807) is 24.3 Å². The number of carbonyl (C=O) groups is 1. The highest BCUT2D eigenvalue weighted by Crippen LogP contribution is 2.22. The summed E-state index contributed by atoms with van der Waals surface area (Å²) in [4.78, 5) is 14.3. The second-order valence-corrected chi connectivity index (χ2v) is 5.58. The van der Waals surface area contributed by atoms with Crippen LogP contribution in [0.5, 0.6) is 11.5 Å². The number of carbonyl (C=O) groups excluding carboxylic acids is 1. The quantitative estimate of drug-likeness (QED) is 0.626. The number of benzene rings is 1. The van der Waals surface area contributed by atoms with Gasteiger partial charge in [-0.25, -0.2) is 5.43 Å². The number of rotatable bonds is 6. The molecule has 0 radical (unpaired) electrons. The smallest absolute Gasteiger partial charge is 0.271 e. The third-order valence-electron chi connectivity index (χ3n) is 3.91. The molecular weight excluding hydrogens is 338 g/mol. The van der Waals surface area contributed by atoms with Gasteiger partial charge in [-0.3, -0.25) is 4.79 Å². The van der Waals surface area contributed by atoms with Crippen LogP contribution < -0.4 is 19.8 Å². The molecule has 1 aliphatic rings. The van der Waals surface area contributed by atoms with E-state index in [0.29, 0.717) is 36.0 Å². The van der Waals surface area contributed by atoms with E-state index >= 15 is 0 Å². The van der Waals surface area contributed by atoms with Gasteiger partial charge >= 0.3 is 0 Å². The first-order chi connectivity index (χ1) is 12.7. The number of nitrogens with zero attached hydrogens (tertiary/aromatic N) is 2. The molecule has 8 nitrogen and oxygen atoms in total. The molecule has 2 aromatic rings. The molecule has 1 aromatic heterocycles. The van der Waals surface area contributed by atoms with Crippen molar-refractivity contribution in [1.82, 2.24) is 5.43 Å². The number of hydrazone groups is 1. The van der Waals surface area contributed by atoms with E-state index in [2.05, 4.69) is 15.4 Å².